The molecule has 0 atom stereocenters. The van der Waals surface area contributed by atoms with Crippen LogP contribution >= 0.6 is 0 Å². The molecule has 208 valence electrons. The number of amides is 2. The van der Waals surface area contributed by atoms with Crippen LogP contribution in [-0.4, -0.2) is 62.0 Å². The quantitative estimate of drug-likeness (QED) is 0.398. The van der Waals surface area contributed by atoms with Crippen LogP contribution in [0, 0.1) is 0 Å². The van der Waals surface area contributed by atoms with Crippen LogP contribution < -0.4 is 10.2 Å². The number of hydrogen-bond donors (Lipinski definition) is 1. The van der Waals surface area contributed by atoms with Crippen molar-refractivity contribution >= 4 is 23.9 Å². The van der Waals surface area contributed by atoms with Gasteiger partial charge in [-0.15, -0.1) is 0 Å². The third kappa shape index (κ3) is 6.47. The van der Waals surface area contributed by atoms with Gasteiger partial charge in [-0.3, -0.25) is 0 Å². The SMILES string of the molecule is CC(C)(C)OC(=O)N1CCN(c2ccc(C=CCNC(=O)OCC3c4ccccc4-c4ccccc43)cc2)CC1. The van der Waals surface area contributed by atoms with Crippen LogP contribution in [0.5, 0.6) is 0 Å². The van der Waals surface area contributed by atoms with E-state index in [0.29, 0.717) is 26.2 Å². The summed E-state index contributed by atoms with van der Waals surface area (Å²) in [7, 11) is 0. The molecular formula is C33H37N3O4. The minimum absolute atomic E-state index is 0.0486. The molecule has 7 heteroatoms. The van der Waals surface area contributed by atoms with E-state index >= 15 is 0 Å². The summed E-state index contributed by atoms with van der Waals surface area (Å²) in [6, 6.07) is 24.9. The Labute approximate surface area is 236 Å². The normalized spacial score (nSPS) is 15.1. The zero-order chi connectivity index (χ0) is 28.1. The van der Waals surface area contributed by atoms with Crippen LogP contribution in [0.3, 0.4) is 0 Å². The number of alkyl carbamates (subject to hydrolysis) is 1. The monoisotopic (exact) mass is 539 g/mol. The van der Waals surface area contributed by atoms with Gasteiger partial charge in [0.15, 0.2) is 0 Å². The maximum absolute atomic E-state index is 12.4. The van der Waals surface area contributed by atoms with Crippen molar-refractivity contribution in [1.82, 2.24) is 10.2 Å². The van der Waals surface area contributed by atoms with Crippen molar-refractivity contribution in [2.45, 2.75) is 32.3 Å². The smallest absolute Gasteiger partial charge is 0.410 e. The van der Waals surface area contributed by atoms with Crippen LogP contribution in [0.25, 0.3) is 17.2 Å². The Hall–Kier alpha value is -4.26. The molecular weight excluding hydrogens is 502 g/mol. The minimum Gasteiger partial charge on any atom is -0.449 e. The zero-order valence-corrected chi connectivity index (χ0v) is 23.4. The maximum atomic E-state index is 12.4. The van der Waals surface area contributed by atoms with E-state index in [9.17, 15) is 9.59 Å². The van der Waals surface area contributed by atoms with Crippen molar-refractivity contribution in [3.63, 3.8) is 0 Å². The van der Waals surface area contributed by atoms with Gasteiger partial charge in [-0.05, 0) is 60.7 Å². The van der Waals surface area contributed by atoms with Gasteiger partial charge in [0.25, 0.3) is 0 Å². The second kappa shape index (κ2) is 11.9. The largest absolute Gasteiger partial charge is 0.449 e. The number of carbonyl (C=O) groups is 2. The average molecular weight is 540 g/mol. The van der Waals surface area contributed by atoms with Crippen LogP contribution in [0.1, 0.15) is 43.4 Å². The van der Waals surface area contributed by atoms with Gasteiger partial charge >= 0.3 is 12.2 Å². The van der Waals surface area contributed by atoms with E-state index in [0.717, 1.165) is 24.3 Å². The standard InChI is InChI=1S/C33H37N3O4/c1-33(2,3)40-32(38)36-21-19-35(20-22-36)25-16-14-24(15-17-25)9-8-18-34-31(37)39-23-30-28-12-6-4-10-26(28)27-11-5-7-13-29(27)30/h4-17,30H,18-23H2,1-3H3,(H,34,37). The number of anilines is 1. The fourth-order valence-electron chi connectivity index (χ4n) is 5.26. The molecule has 5 rings (SSSR count). The Morgan fingerprint density at radius 2 is 1.48 bits per heavy atom. The Morgan fingerprint density at radius 1 is 0.875 bits per heavy atom. The van der Waals surface area contributed by atoms with Crippen molar-refractivity contribution in [1.29, 1.82) is 0 Å². The van der Waals surface area contributed by atoms with Crippen LogP contribution in [0.4, 0.5) is 15.3 Å². The summed E-state index contributed by atoms with van der Waals surface area (Å²) in [5.74, 6) is 0.0486. The highest BCUT2D eigenvalue weighted by atomic mass is 16.6. The molecule has 1 aliphatic carbocycles. The van der Waals surface area contributed by atoms with Crippen molar-refractivity contribution < 1.29 is 19.1 Å². The molecule has 1 N–H and O–H groups in total. The molecule has 1 aliphatic heterocycles. The van der Waals surface area contributed by atoms with Gasteiger partial charge in [0.1, 0.15) is 12.2 Å². The van der Waals surface area contributed by atoms with Crippen LogP contribution in [0.2, 0.25) is 0 Å². The molecule has 1 heterocycles. The lowest BCUT2D eigenvalue weighted by atomic mass is 9.98. The lowest BCUT2D eigenvalue weighted by Crippen LogP contribution is -2.50. The second-order valence-corrected chi connectivity index (χ2v) is 11.2. The lowest BCUT2D eigenvalue weighted by molar-refractivity contribution is 0.0240. The molecule has 0 spiro atoms. The molecule has 1 saturated heterocycles. The number of nitrogens with one attached hydrogen (secondary N) is 1. The summed E-state index contributed by atoms with van der Waals surface area (Å²) in [6.45, 7) is 9.13. The van der Waals surface area contributed by atoms with Gasteiger partial charge in [-0.25, -0.2) is 9.59 Å². The van der Waals surface area contributed by atoms with E-state index in [2.05, 4.69) is 58.7 Å². The Kier molecular flexibility index (Phi) is 8.10. The van der Waals surface area contributed by atoms with Crippen LogP contribution in [0.15, 0.2) is 78.9 Å². The molecule has 2 amide bonds. The fraction of sp³-hybridized carbons (Fsp3) is 0.333. The summed E-state index contributed by atoms with van der Waals surface area (Å²) >= 11 is 0. The van der Waals surface area contributed by atoms with E-state index in [4.69, 9.17) is 9.47 Å². The highest BCUT2D eigenvalue weighted by Crippen LogP contribution is 2.44. The number of nitrogens with zero attached hydrogens (tertiary/aromatic N) is 2. The predicted molar refractivity (Wildman–Crippen MR) is 159 cm³/mol. The number of carbonyl (C=O) groups excluding carboxylic acids is 2. The van der Waals surface area contributed by atoms with Crippen molar-refractivity contribution in [3.8, 4) is 11.1 Å². The number of piperazine rings is 1. The number of benzene rings is 3. The molecule has 0 bridgehead atoms. The van der Waals surface area contributed by atoms with Gasteiger partial charge in [0.2, 0.25) is 0 Å². The minimum atomic E-state index is -0.483. The highest BCUT2D eigenvalue weighted by molar-refractivity contribution is 5.79. The van der Waals surface area contributed by atoms with Gasteiger partial charge in [-0.1, -0.05) is 72.8 Å². The molecule has 1 fully saturated rings. The second-order valence-electron chi connectivity index (χ2n) is 11.2. The summed E-state index contributed by atoms with van der Waals surface area (Å²) in [5, 5.41) is 2.82. The van der Waals surface area contributed by atoms with Gasteiger partial charge in [-0.2, -0.15) is 0 Å². The molecule has 0 radical (unpaired) electrons. The topological polar surface area (TPSA) is 71.1 Å². The number of rotatable bonds is 6. The van der Waals surface area contributed by atoms with E-state index < -0.39 is 11.7 Å². The maximum Gasteiger partial charge on any atom is 0.410 e. The van der Waals surface area contributed by atoms with E-state index in [1.807, 2.05) is 57.2 Å². The first kappa shape index (κ1) is 27.3. The molecule has 3 aromatic rings. The molecule has 0 aromatic heterocycles. The number of fused-ring (bicyclic) bond motifs is 3. The molecule has 3 aromatic carbocycles. The fourth-order valence-corrected chi connectivity index (χ4v) is 5.26. The van der Waals surface area contributed by atoms with Gasteiger partial charge in [0.05, 0.1) is 0 Å². The molecule has 7 nitrogen and oxygen atoms in total. The summed E-state index contributed by atoms with van der Waals surface area (Å²) < 4.78 is 11.1. The van der Waals surface area contributed by atoms with Crippen molar-refractivity contribution in [2.24, 2.45) is 0 Å². The van der Waals surface area contributed by atoms with E-state index in [1.54, 1.807) is 4.90 Å². The number of ether oxygens (including phenoxy) is 2. The predicted octanol–water partition coefficient (Wildman–Crippen LogP) is 6.30. The molecule has 0 saturated carbocycles. The molecule has 2 aliphatic rings. The summed E-state index contributed by atoms with van der Waals surface area (Å²) in [6.07, 6.45) is 3.22. The number of hydrogen-bond acceptors (Lipinski definition) is 5. The van der Waals surface area contributed by atoms with Crippen molar-refractivity contribution in [3.05, 3.63) is 95.6 Å². The average Bonchev–Trinajstić information content (AvgIpc) is 3.27. The van der Waals surface area contributed by atoms with Crippen molar-refractivity contribution in [2.75, 3.05) is 44.2 Å². The first-order chi connectivity index (χ1) is 19.3. The molecule has 0 unspecified atom stereocenters. The first-order valence-corrected chi connectivity index (χ1v) is 13.9. The van der Waals surface area contributed by atoms with Gasteiger partial charge < -0.3 is 24.6 Å². The third-order valence-electron chi connectivity index (χ3n) is 7.21. The molecule has 40 heavy (non-hydrogen) atoms. The zero-order valence-electron chi connectivity index (χ0n) is 23.4. The Balaban J connectivity index is 1.05. The summed E-state index contributed by atoms with van der Waals surface area (Å²) in [5.41, 5.74) is 6.51. The van der Waals surface area contributed by atoms with E-state index in [-0.39, 0.29) is 12.0 Å². The van der Waals surface area contributed by atoms with Crippen LogP contribution in [-0.2, 0) is 9.47 Å². The summed E-state index contributed by atoms with van der Waals surface area (Å²) in [4.78, 5) is 28.7. The highest BCUT2D eigenvalue weighted by Gasteiger charge is 2.29. The Morgan fingerprint density at radius 3 is 2.08 bits per heavy atom. The van der Waals surface area contributed by atoms with E-state index in [1.165, 1.54) is 22.3 Å². The first-order valence-electron chi connectivity index (χ1n) is 13.9. The lowest BCUT2D eigenvalue weighted by Gasteiger charge is -2.36. The van der Waals surface area contributed by atoms with Gasteiger partial charge in [0, 0.05) is 44.3 Å². The third-order valence-corrected chi connectivity index (χ3v) is 7.21. The Bertz CT molecular complexity index is 1320.